The Balaban J connectivity index is 2.47. The second-order valence-corrected chi connectivity index (χ2v) is 14.3. The van der Waals surface area contributed by atoms with Crippen LogP contribution in [-0.2, 0) is 29.5 Å². The average Bonchev–Trinajstić information content (AvgIpc) is 3.02. The lowest BCUT2D eigenvalue weighted by Crippen LogP contribution is -2.20. The number of benzene rings is 1. The molecule has 0 atom stereocenters. The van der Waals surface area contributed by atoms with Crippen LogP contribution in [0.3, 0.4) is 0 Å². The third kappa shape index (κ3) is 24.9. The summed E-state index contributed by atoms with van der Waals surface area (Å²) in [5, 5.41) is 0.138. The minimum absolute atomic E-state index is 0.0409. The number of carbonyl (C=O) groups is 2. The first-order valence-corrected chi connectivity index (χ1v) is 20.2. The summed E-state index contributed by atoms with van der Waals surface area (Å²) in [5.41, 5.74) is 0.513. The molecular weight excluding hydrogens is 640 g/mol. The molecule has 0 saturated heterocycles. The van der Waals surface area contributed by atoms with Gasteiger partial charge in [-0.15, -0.1) is 0 Å². The largest absolute Gasteiger partial charge is 0.465 e. The van der Waals surface area contributed by atoms with Crippen molar-refractivity contribution in [3.63, 3.8) is 0 Å². The highest BCUT2D eigenvalue weighted by Crippen LogP contribution is 2.30. The molecular formula is C37H63ClO8S. The van der Waals surface area contributed by atoms with E-state index in [0.29, 0.717) is 18.4 Å². The number of rotatable bonds is 31. The number of halogens is 1. The maximum absolute atomic E-state index is 12.5. The van der Waals surface area contributed by atoms with Gasteiger partial charge < -0.3 is 13.7 Å². The third-order valence-electron chi connectivity index (χ3n) is 8.47. The van der Waals surface area contributed by atoms with Gasteiger partial charge in [-0.25, -0.2) is 0 Å². The lowest BCUT2D eigenvalue weighted by atomic mass is 10.0. The Hall–Kier alpha value is -1.84. The number of hydrogen-bond donors (Lipinski definition) is 1. The standard InChI is InChI=1S/C37H63ClO8S/c1-3-5-7-9-11-13-15-17-19-21-23-25-36(39)44-30-32(34-28-27-33(29-35(34)38)46-47(41,42)43)31-45-37(40)26-24-22-20-18-16-14-12-10-8-6-4-2/h27-29,32H,3-26,30-31H2,1-2H3,(H,41,42,43). The topological polar surface area (TPSA) is 116 Å². The first-order chi connectivity index (χ1) is 22.7. The van der Waals surface area contributed by atoms with Crippen molar-refractivity contribution in [2.45, 2.75) is 174 Å². The van der Waals surface area contributed by atoms with Gasteiger partial charge >= 0.3 is 22.3 Å². The summed E-state index contributed by atoms with van der Waals surface area (Å²) in [4.78, 5) is 25.0. The van der Waals surface area contributed by atoms with Crippen molar-refractivity contribution < 1.29 is 36.2 Å². The second kappa shape index (κ2) is 28.0. The molecule has 1 aromatic rings. The molecule has 0 aliphatic rings. The summed E-state index contributed by atoms with van der Waals surface area (Å²) in [5.74, 6) is -1.35. The molecule has 0 radical (unpaired) electrons. The van der Waals surface area contributed by atoms with Crippen LogP contribution in [0.1, 0.15) is 179 Å². The molecule has 0 unspecified atom stereocenters. The van der Waals surface area contributed by atoms with Crippen molar-refractivity contribution in [2.75, 3.05) is 13.2 Å². The fourth-order valence-electron chi connectivity index (χ4n) is 5.64. The van der Waals surface area contributed by atoms with Crippen LogP contribution in [0.25, 0.3) is 0 Å². The molecule has 272 valence electrons. The molecule has 1 N–H and O–H groups in total. The van der Waals surface area contributed by atoms with Gasteiger partial charge in [0.2, 0.25) is 0 Å². The SMILES string of the molecule is CCCCCCCCCCCCCC(=O)OCC(COC(=O)CCCCCCCCCCCCC)c1ccc(OS(=O)(=O)O)cc1Cl. The van der Waals surface area contributed by atoms with Crippen LogP contribution in [0.2, 0.25) is 5.02 Å². The van der Waals surface area contributed by atoms with E-state index in [2.05, 4.69) is 18.0 Å². The van der Waals surface area contributed by atoms with Crippen LogP contribution in [-0.4, -0.2) is 38.1 Å². The lowest BCUT2D eigenvalue weighted by Gasteiger charge is -2.19. The van der Waals surface area contributed by atoms with E-state index in [1.165, 1.54) is 121 Å². The maximum atomic E-state index is 12.5. The van der Waals surface area contributed by atoms with E-state index in [4.69, 9.17) is 25.6 Å². The van der Waals surface area contributed by atoms with E-state index in [0.717, 1.165) is 38.5 Å². The maximum Gasteiger partial charge on any atom is 0.446 e. The van der Waals surface area contributed by atoms with E-state index < -0.39 is 16.3 Å². The van der Waals surface area contributed by atoms with Gasteiger partial charge in [0.05, 0.1) is 5.92 Å². The molecule has 10 heteroatoms. The highest BCUT2D eigenvalue weighted by Gasteiger charge is 2.21. The Kier molecular flexibility index (Phi) is 25.8. The zero-order valence-electron chi connectivity index (χ0n) is 29.3. The summed E-state index contributed by atoms with van der Waals surface area (Å²) in [7, 11) is -4.71. The molecule has 0 aliphatic heterocycles. The van der Waals surface area contributed by atoms with Crippen LogP contribution in [0.15, 0.2) is 18.2 Å². The van der Waals surface area contributed by atoms with Crippen LogP contribution < -0.4 is 4.18 Å². The van der Waals surface area contributed by atoms with Gasteiger partial charge in [-0.2, -0.15) is 8.42 Å². The molecule has 0 spiro atoms. The molecule has 0 amide bonds. The minimum Gasteiger partial charge on any atom is -0.465 e. The van der Waals surface area contributed by atoms with Crippen molar-refractivity contribution in [1.82, 2.24) is 0 Å². The predicted octanol–water partition coefficient (Wildman–Crippen LogP) is 11.1. The zero-order chi connectivity index (χ0) is 34.6. The molecule has 0 bridgehead atoms. The molecule has 0 aliphatic carbocycles. The van der Waals surface area contributed by atoms with E-state index in [1.807, 2.05) is 0 Å². The fourth-order valence-corrected chi connectivity index (χ4v) is 6.31. The van der Waals surface area contributed by atoms with Gasteiger partial charge in [-0.1, -0.05) is 160 Å². The number of hydrogen-bond acceptors (Lipinski definition) is 7. The molecule has 8 nitrogen and oxygen atoms in total. The second-order valence-electron chi connectivity index (χ2n) is 12.8. The minimum atomic E-state index is -4.71. The number of unbranched alkanes of at least 4 members (excludes halogenated alkanes) is 20. The number of carbonyl (C=O) groups excluding carboxylic acids is 2. The van der Waals surface area contributed by atoms with Crippen molar-refractivity contribution in [2.24, 2.45) is 0 Å². The van der Waals surface area contributed by atoms with E-state index in [-0.39, 0.29) is 35.9 Å². The van der Waals surface area contributed by atoms with E-state index in [9.17, 15) is 18.0 Å². The summed E-state index contributed by atoms with van der Waals surface area (Å²) >= 11 is 6.42. The highest BCUT2D eigenvalue weighted by molar-refractivity contribution is 7.81. The predicted molar refractivity (Wildman–Crippen MR) is 190 cm³/mol. The summed E-state index contributed by atoms with van der Waals surface area (Å²) in [6, 6.07) is 4.10. The quantitative estimate of drug-likeness (QED) is 0.0461. The Morgan fingerprint density at radius 3 is 1.34 bits per heavy atom. The first kappa shape index (κ1) is 43.2. The van der Waals surface area contributed by atoms with Crippen LogP contribution >= 0.6 is 11.6 Å². The van der Waals surface area contributed by atoms with Gasteiger partial charge in [0.25, 0.3) is 0 Å². The normalized spacial score (nSPS) is 11.6. The molecule has 0 fully saturated rings. The van der Waals surface area contributed by atoms with Crippen molar-refractivity contribution >= 4 is 33.9 Å². The molecule has 1 aromatic carbocycles. The molecule has 1 rings (SSSR count). The Morgan fingerprint density at radius 1 is 0.638 bits per heavy atom. The molecule has 0 aromatic heterocycles. The highest BCUT2D eigenvalue weighted by atomic mass is 35.5. The average molecular weight is 703 g/mol. The van der Waals surface area contributed by atoms with Gasteiger partial charge in [-0.3, -0.25) is 14.1 Å². The van der Waals surface area contributed by atoms with Gasteiger partial charge in [-0.05, 0) is 24.5 Å². The van der Waals surface area contributed by atoms with Crippen LogP contribution in [0, 0.1) is 0 Å². The Morgan fingerprint density at radius 2 is 1.00 bits per heavy atom. The molecule has 0 saturated carbocycles. The van der Waals surface area contributed by atoms with Crippen molar-refractivity contribution in [3.05, 3.63) is 28.8 Å². The monoisotopic (exact) mass is 702 g/mol. The molecule has 47 heavy (non-hydrogen) atoms. The zero-order valence-corrected chi connectivity index (χ0v) is 30.9. The summed E-state index contributed by atoms with van der Waals surface area (Å²) in [6.07, 6.45) is 26.9. The van der Waals surface area contributed by atoms with Crippen molar-refractivity contribution in [1.29, 1.82) is 0 Å². The number of esters is 2. The smallest absolute Gasteiger partial charge is 0.446 e. The third-order valence-corrected chi connectivity index (χ3v) is 9.20. The summed E-state index contributed by atoms with van der Waals surface area (Å²) < 4.78 is 46.8. The van der Waals surface area contributed by atoms with Gasteiger partial charge in [0.15, 0.2) is 0 Å². The van der Waals surface area contributed by atoms with Gasteiger partial charge in [0.1, 0.15) is 19.0 Å². The summed E-state index contributed by atoms with van der Waals surface area (Å²) in [6.45, 7) is 4.38. The Bertz CT molecular complexity index is 1020. The fraction of sp³-hybridized carbons (Fsp3) is 0.784. The van der Waals surface area contributed by atoms with E-state index >= 15 is 0 Å². The number of ether oxygens (including phenoxy) is 2. The first-order valence-electron chi connectivity index (χ1n) is 18.4. The Labute approximate surface area is 291 Å². The molecule has 0 heterocycles. The lowest BCUT2D eigenvalue weighted by molar-refractivity contribution is -0.147. The van der Waals surface area contributed by atoms with Crippen molar-refractivity contribution in [3.8, 4) is 5.75 Å². The van der Waals surface area contributed by atoms with Gasteiger partial charge in [0, 0.05) is 23.9 Å². The van der Waals surface area contributed by atoms with Crippen LogP contribution in [0.5, 0.6) is 5.75 Å². The van der Waals surface area contributed by atoms with Crippen LogP contribution in [0.4, 0.5) is 0 Å². The van der Waals surface area contributed by atoms with E-state index in [1.54, 1.807) is 0 Å².